The summed E-state index contributed by atoms with van der Waals surface area (Å²) >= 11 is 0. The number of aliphatic hydroxyl groups excluding tert-OH is 1. The molecule has 0 saturated carbocycles. The fourth-order valence-corrected chi connectivity index (χ4v) is 2.74. The van der Waals surface area contributed by atoms with Crippen molar-refractivity contribution in [3.05, 3.63) is 59.9 Å². The van der Waals surface area contributed by atoms with Crippen molar-refractivity contribution in [1.29, 1.82) is 0 Å². The second-order valence-corrected chi connectivity index (χ2v) is 6.04. The summed E-state index contributed by atoms with van der Waals surface area (Å²) in [5.74, 6) is 0.476. The molecule has 0 fully saturated rings. The average molecular weight is 339 g/mol. The van der Waals surface area contributed by atoms with E-state index in [2.05, 4.69) is 10.3 Å². The number of imidazole rings is 1. The zero-order valence-corrected chi connectivity index (χ0v) is 14.4. The molecule has 0 saturated heterocycles. The predicted molar refractivity (Wildman–Crippen MR) is 95.6 cm³/mol. The number of benzene rings is 2. The Morgan fingerprint density at radius 3 is 2.64 bits per heavy atom. The van der Waals surface area contributed by atoms with E-state index >= 15 is 0 Å². The number of ether oxygens (including phenoxy) is 1. The van der Waals surface area contributed by atoms with Gasteiger partial charge in [-0.15, -0.1) is 0 Å². The second-order valence-electron chi connectivity index (χ2n) is 6.04. The fourth-order valence-electron chi connectivity index (χ4n) is 2.74. The summed E-state index contributed by atoms with van der Waals surface area (Å²) in [5.41, 5.74) is 2.95. The molecule has 6 heteroatoms. The van der Waals surface area contributed by atoms with E-state index in [1.807, 2.05) is 17.7 Å². The van der Waals surface area contributed by atoms with Crippen molar-refractivity contribution in [3.8, 4) is 5.75 Å². The third-order valence-electron chi connectivity index (χ3n) is 4.28. The molecule has 1 aromatic heterocycles. The largest absolute Gasteiger partial charge is 0.497 e. The van der Waals surface area contributed by atoms with E-state index in [0.29, 0.717) is 11.1 Å². The van der Waals surface area contributed by atoms with Gasteiger partial charge in [-0.1, -0.05) is 12.1 Å². The lowest BCUT2D eigenvalue weighted by Gasteiger charge is -2.21. The minimum atomic E-state index is -0.812. The Bertz CT molecular complexity index is 887. The lowest BCUT2D eigenvalue weighted by molar-refractivity contribution is 0.0852. The van der Waals surface area contributed by atoms with Crippen molar-refractivity contribution in [3.63, 3.8) is 0 Å². The van der Waals surface area contributed by atoms with Gasteiger partial charge in [0, 0.05) is 12.6 Å². The number of fused-ring (bicyclic) bond motifs is 1. The van der Waals surface area contributed by atoms with Crippen molar-refractivity contribution in [1.82, 2.24) is 14.9 Å². The topological polar surface area (TPSA) is 76.4 Å². The van der Waals surface area contributed by atoms with Crippen LogP contribution in [0.25, 0.3) is 11.0 Å². The SMILES string of the molecule is COc1ccc(C(O)C(C)NC(=O)c2ccc3c(c2)ncn3C)cc1. The van der Waals surface area contributed by atoms with Crippen LogP contribution < -0.4 is 10.1 Å². The molecule has 0 spiro atoms. The Morgan fingerprint density at radius 1 is 1.24 bits per heavy atom. The Kier molecular flexibility index (Phi) is 4.72. The summed E-state index contributed by atoms with van der Waals surface area (Å²) in [5, 5.41) is 13.3. The molecule has 2 atom stereocenters. The number of rotatable bonds is 5. The summed E-state index contributed by atoms with van der Waals surface area (Å²) in [6.07, 6.45) is 0.899. The first-order valence-corrected chi connectivity index (χ1v) is 8.03. The van der Waals surface area contributed by atoms with E-state index in [9.17, 15) is 9.90 Å². The zero-order chi connectivity index (χ0) is 18.0. The van der Waals surface area contributed by atoms with E-state index in [0.717, 1.165) is 16.8 Å². The number of hydrogen-bond donors (Lipinski definition) is 2. The van der Waals surface area contributed by atoms with Crippen LogP contribution in [0.1, 0.15) is 28.9 Å². The average Bonchev–Trinajstić information content (AvgIpc) is 3.01. The highest BCUT2D eigenvalue weighted by atomic mass is 16.5. The molecule has 130 valence electrons. The molecule has 1 heterocycles. The van der Waals surface area contributed by atoms with Crippen molar-refractivity contribution in [2.45, 2.75) is 19.1 Å². The van der Waals surface area contributed by atoms with Gasteiger partial charge in [-0.05, 0) is 42.8 Å². The maximum atomic E-state index is 12.5. The molecule has 25 heavy (non-hydrogen) atoms. The molecule has 0 aliphatic carbocycles. The van der Waals surface area contributed by atoms with Gasteiger partial charge in [0.2, 0.25) is 0 Å². The number of nitrogens with one attached hydrogen (secondary N) is 1. The normalized spacial score (nSPS) is 13.4. The highest BCUT2D eigenvalue weighted by Crippen LogP contribution is 2.21. The summed E-state index contributed by atoms with van der Waals surface area (Å²) < 4.78 is 7.01. The third-order valence-corrected chi connectivity index (χ3v) is 4.28. The minimum Gasteiger partial charge on any atom is -0.497 e. The number of nitrogens with zero attached hydrogens (tertiary/aromatic N) is 2. The maximum Gasteiger partial charge on any atom is 0.251 e. The van der Waals surface area contributed by atoms with Crippen LogP contribution in [0.2, 0.25) is 0 Å². The third kappa shape index (κ3) is 3.49. The lowest BCUT2D eigenvalue weighted by Crippen LogP contribution is -2.37. The molecular weight excluding hydrogens is 318 g/mol. The molecule has 2 aromatic carbocycles. The smallest absolute Gasteiger partial charge is 0.251 e. The molecule has 2 unspecified atom stereocenters. The van der Waals surface area contributed by atoms with Crippen LogP contribution in [0.15, 0.2) is 48.8 Å². The van der Waals surface area contributed by atoms with Crippen molar-refractivity contribution < 1.29 is 14.6 Å². The van der Waals surface area contributed by atoms with E-state index < -0.39 is 12.1 Å². The molecule has 6 nitrogen and oxygen atoms in total. The number of aliphatic hydroxyl groups is 1. The molecule has 1 amide bonds. The van der Waals surface area contributed by atoms with Crippen LogP contribution in [-0.2, 0) is 7.05 Å². The molecule has 3 rings (SSSR count). The van der Waals surface area contributed by atoms with Crippen LogP contribution in [-0.4, -0.2) is 33.7 Å². The van der Waals surface area contributed by atoms with E-state index in [4.69, 9.17) is 4.74 Å². The first-order valence-electron chi connectivity index (χ1n) is 8.03. The molecular formula is C19H21N3O3. The van der Waals surface area contributed by atoms with E-state index in [-0.39, 0.29) is 5.91 Å². The van der Waals surface area contributed by atoms with Crippen molar-refractivity contribution in [2.75, 3.05) is 7.11 Å². The minimum absolute atomic E-state index is 0.243. The van der Waals surface area contributed by atoms with E-state index in [1.165, 1.54) is 0 Å². The Morgan fingerprint density at radius 2 is 1.96 bits per heavy atom. The number of carbonyl (C=O) groups excluding carboxylic acids is 1. The highest BCUT2D eigenvalue weighted by molar-refractivity contribution is 5.97. The van der Waals surface area contributed by atoms with Crippen LogP contribution in [0, 0.1) is 0 Å². The van der Waals surface area contributed by atoms with Crippen LogP contribution in [0.5, 0.6) is 5.75 Å². The summed E-state index contributed by atoms with van der Waals surface area (Å²) in [7, 11) is 3.50. The van der Waals surface area contributed by atoms with Crippen LogP contribution in [0.4, 0.5) is 0 Å². The number of carbonyl (C=O) groups is 1. The first kappa shape index (κ1) is 17.0. The van der Waals surface area contributed by atoms with Gasteiger partial charge >= 0.3 is 0 Å². The summed E-state index contributed by atoms with van der Waals surface area (Å²) in [6.45, 7) is 1.77. The predicted octanol–water partition coefficient (Wildman–Crippen LogP) is 2.43. The van der Waals surface area contributed by atoms with E-state index in [1.54, 1.807) is 56.8 Å². The number of aromatic nitrogens is 2. The number of aryl methyl sites for hydroxylation is 1. The molecule has 0 aliphatic rings. The molecule has 2 N–H and O–H groups in total. The zero-order valence-electron chi connectivity index (χ0n) is 14.4. The Hall–Kier alpha value is -2.86. The lowest BCUT2D eigenvalue weighted by atomic mass is 10.0. The molecule has 0 aliphatic heterocycles. The summed E-state index contributed by atoms with van der Waals surface area (Å²) in [6, 6.07) is 12.0. The van der Waals surface area contributed by atoms with Gasteiger partial charge in [-0.2, -0.15) is 0 Å². The number of amides is 1. The van der Waals surface area contributed by atoms with Crippen molar-refractivity contribution in [2.24, 2.45) is 7.05 Å². The van der Waals surface area contributed by atoms with Gasteiger partial charge in [-0.3, -0.25) is 4.79 Å². The van der Waals surface area contributed by atoms with Gasteiger partial charge < -0.3 is 19.7 Å². The second kappa shape index (κ2) is 6.94. The maximum absolute atomic E-state index is 12.5. The number of hydrogen-bond acceptors (Lipinski definition) is 4. The highest BCUT2D eigenvalue weighted by Gasteiger charge is 2.19. The van der Waals surface area contributed by atoms with Crippen molar-refractivity contribution >= 4 is 16.9 Å². The standard InChI is InChI=1S/C19H21N3O3/c1-12(18(23)13-4-7-15(25-3)8-5-13)21-19(24)14-6-9-17-16(10-14)20-11-22(17)2/h4-12,18,23H,1-3H3,(H,21,24). The van der Waals surface area contributed by atoms with Crippen LogP contribution >= 0.6 is 0 Å². The Balaban J connectivity index is 1.71. The molecule has 0 radical (unpaired) electrons. The van der Waals surface area contributed by atoms with Gasteiger partial charge in [0.1, 0.15) is 5.75 Å². The quantitative estimate of drug-likeness (QED) is 0.748. The Labute approximate surface area is 146 Å². The first-order chi connectivity index (χ1) is 12.0. The van der Waals surface area contributed by atoms with Crippen LogP contribution in [0.3, 0.4) is 0 Å². The van der Waals surface area contributed by atoms with Gasteiger partial charge in [0.15, 0.2) is 0 Å². The molecule has 3 aromatic rings. The monoisotopic (exact) mass is 339 g/mol. The number of methoxy groups -OCH3 is 1. The van der Waals surface area contributed by atoms with Gasteiger partial charge in [0.05, 0.1) is 36.6 Å². The van der Waals surface area contributed by atoms with Gasteiger partial charge in [-0.25, -0.2) is 4.98 Å². The summed E-state index contributed by atoms with van der Waals surface area (Å²) in [4.78, 5) is 16.7. The van der Waals surface area contributed by atoms with Gasteiger partial charge in [0.25, 0.3) is 5.91 Å². The fraction of sp³-hybridized carbons (Fsp3) is 0.263. The molecule has 0 bridgehead atoms.